The summed E-state index contributed by atoms with van der Waals surface area (Å²) in [6.45, 7) is 12.5. The minimum atomic E-state index is -0.459. The highest BCUT2D eigenvalue weighted by molar-refractivity contribution is 14.0. The highest BCUT2D eigenvalue weighted by atomic mass is 127. The minimum absolute atomic E-state index is 0. The van der Waals surface area contributed by atoms with Gasteiger partial charge in [-0.15, -0.1) is 24.0 Å². The summed E-state index contributed by atoms with van der Waals surface area (Å²) in [6, 6.07) is 0.248. The molecule has 162 valence electrons. The maximum Gasteiger partial charge on any atom is 0.410 e. The third-order valence-electron chi connectivity index (χ3n) is 5.35. The second-order valence-electron chi connectivity index (χ2n) is 8.79. The molecule has 8 nitrogen and oxygen atoms in total. The van der Waals surface area contributed by atoms with Gasteiger partial charge in [-0.3, -0.25) is 4.99 Å². The molecule has 3 heterocycles. The lowest BCUT2D eigenvalue weighted by Gasteiger charge is -2.39. The number of carbonyl (C=O) groups is 1. The first kappa shape index (κ1) is 23.5. The van der Waals surface area contributed by atoms with E-state index in [1.165, 1.54) is 0 Å². The van der Waals surface area contributed by atoms with Gasteiger partial charge >= 0.3 is 6.09 Å². The molecule has 3 aliphatic heterocycles. The van der Waals surface area contributed by atoms with E-state index in [-0.39, 0.29) is 42.2 Å². The van der Waals surface area contributed by atoms with E-state index < -0.39 is 5.60 Å². The van der Waals surface area contributed by atoms with E-state index in [1.54, 1.807) is 4.90 Å². The van der Waals surface area contributed by atoms with Crippen molar-refractivity contribution in [2.24, 2.45) is 4.99 Å². The van der Waals surface area contributed by atoms with Crippen LogP contribution in [0, 0.1) is 0 Å². The zero-order valence-corrected chi connectivity index (χ0v) is 19.7. The average molecular weight is 509 g/mol. The van der Waals surface area contributed by atoms with Crippen LogP contribution in [0.5, 0.6) is 0 Å². The summed E-state index contributed by atoms with van der Waals surface area (Å²) in [5.41, 5.74) is -0.459. The Morgan fingerprint density at radius 3 is 2.64 bits per heavy atom. The first-order chi connectivity index (χ1) is 12.8. The number of aliphatic hydroxyl groups excluding tert-OH is 1. The Balaban J connectivity index is 0.00000280. The van der Waals surface area contributed by atoms with Gasteiger partial charge in [0.25, 0.3) is 0 Å². The van der Waals surface area contributed by atoms with Crippen LogP contribution in [0.3, 0.4) is 0 Å². The van der Waals surface area contributed by atoms with Crippen LogP contribution < -0.4 is 5.32 Å². The summed E-state index contributed by atoms with van der Waals surface area (Å²) >= 11 is 0. The Bertz CT molecular complexity index is 546. The number of hydrogen-bond acceptors (Lipinski definition) is 7. The number of fused-ring (bicyclic) bond motifs is 1. The molecule has 28 heavy (non-hydrogen) atoms. The number of amides is 1. The molecule has 3 rings (SSSR count). The number of nitrogens with zero attached hydrogens (tertiary/aromatic N) is 4. The molecule has 0 aromatic rings. The summed E-state index contributed by atoms with van der Waals surface area (Å²) in [5, 5.41) is 13.0. The Hall–Kier alpha value is -0.810. The highest BCUT2D eigenvalue weighted by Crippen LogP contribution is 2.18. The summed E-state index contributed by atoms with van der Waals surface area (Å²) in [5.74, 6) is 0.970. The van der Waals surface area contributed by atoms with Gasteiger partial charge < -0.3 is 29.9 Å². The molecule has 3 aliphatic rings. The van der Waals surface area contributed by atoms with Gasteiger partial charge in [-0.1, -0.05) is 0 Å². The van der Waals surface area contributed by atoms with Gasteiger partial charge in [-0.05, 0) is 46.6 Å². The molecular weight excluding hydrogens is 473 g/mol. The molecule has 0 radical (unpaired) electrons. The molecule has 1 atom stereocenters. The van der Waals surface area contributed by atoms with Crippen molar-refractivity contribution >= 4 is 36.0 Å². The molecule has 0 aromatic heterocycles. The largest absolute Gasteiger partial charge is 0.444 e. The number of hydrogen-bond donors (Lipinski definition) is 2. The van der Waals surface area contributed by atoms with Gasteiger partial charge in [-0.25, -0.2) is 4.79 Å². The minimum Gasteiger partial charge on any atom is -0.444 e. The number of aliphatic hydroxyl groups is 1. The fraction of sp³-hybridized carbons (Fsp3) is 0.895. The van der Waals surface area contributed by atoms with Crippen molar-refractivity contribution in [3.8, 4) is 0 Å². The molecule has 2 fully saturated rings. The fourth-order valence-electron chi connectivity index (χ4n) is 3.87. The van der Waals surface area contributed by atoms with Crippen LogP contribution in [0.4, 0.5) is 4.79 Å². The predicted octanol–water partition coefficient (Wildman–Crippen LogP) is 1.33. The van der Waals surface area contributed by atoms with Crippen molar-refractivity contribution in [3.05, 3.63) is 0 Å². The van der Waals surface area contributed by atoms with Crippen LogP contribution in [0.2, 0.25) is 0 Å². The molecular formula is C19H36IN5O3. The molecule has 0 bridgehead atoms. The number of piperazine rings is 1. The smallest absolute Gasteiger partial charge is 0.410 e. The molecule has 0 aromatic carbocycles. The van der Waals surface area contributed by atoms with Crippen LogP contribution in [-0.4, -0.2) is 102 Å². The number of rotatable bonds is 4. The van der Waals surface area contributed by atoms with E-state index in [0.717, 1.165) is 64.5 Å². The molecule has 0 saturated carbocycles. The SMILES string of the molecule is CC(C)(C)OC(=O)N1CCN2C(NCCCN3CCC(O)CC3)=NCC2C1.I. The lowest BCUT2D eigenvalue weighted by atomic mass is 10.1. The average Bonchev–Trinajstić information content (AvgIpc) is 3.01. The van der Waals surface area contributed by atoms with E-state index in [1.807, 2.05) is 20.8 Å². The maximum absolute atomic E-state index is 12.3. The monoisotopic (exact) mass is 509 g/mol. The number of carbonyl (C=O) groups excluding carboxylic acids is 1. The quantitative estimate of drug-likeness (QED) is 0.440. The predicted molar refractivity (Wildman–Crippen MR) is 120 cm³/mol. The van der Waals surface area contributed by atoms with Crippen LogP contribution >= 0.6 is 24.0 Å². The number of nitrogens with one attached hydrogen (secondary N) is 1. The van der Waals surface area contributed by atoms with Crippen molar-refractivity contribution in [2.45, 2.75) is 57.8 Å². The Morgan fingerprint density at radius 1 is 1.25 bits per heavy atom. The zero-order chi connectivity index (χ0) is 19.4. The van der Waals surface area contributed by atoms with E-state index >= 15 is 0 Å². The Kier molecular flexibility index (Phi) is 8.62. The third-order valence-corrected chi connectivity index (χ3v) is 5.35. The fourth-order valence-corrected chi connectivity index (χ4v) is 3.87. The summed E-state index contributed by atoms with van der Waals surface area (Å²) < 4.78 is 5.49. The number of likely N-dealkylation sites (tertiary alicyclic amines) is 1. The Morgan fingerprint density at radius 2 is 1.96 bits per heavy atom. The second kappa shape index (κ2) is 10.3. The van der Waals surface area contributed by atoms with Gasteiger partial charge in [0.1, 0.15) is 5.60 Å². The number of piperidine rings is 1. The molecule has 1 unspecified atom stereocenters. The summed E-state index contributed by atoms with van der Waals surface area (Å²) in [6.07, 6.45) is 2.52. The van der Waals surface area contributed by atoms with Crippen LogP contribution in [0.15, 0.2) is 4.99 Å². The lowest BCUT2D eigenvalue weighted by Crippen LogP contribution is -2.57. The van der Waals surface area contributed by atoms with Crippen molar-refractivity contribution in [3.63, 3.8) is 0 Å². The Labute approximate surface area is 185 Å². The van der Waals surface area contributed by atoms with Crippen LogP contribution in [0.25, 0.3) is 0 Å². The number of aliphatic imine (C=N–C) groups is 1. The standard InChI is InChI=1S/C19H35N5O3.HI/c1-19(2,3)27-18(26)23-11-12-24-15(14-23)13-21-17(24)20-7-4-8-22-9-5-16(25)6-10-22;/h15-16,25H,4-14H2,1-3H3,(H,20,21);1H. The van der Waals surface area contributed by atoms with Gasteiger partial charge in [0.2, 0.25) is 0 Å². The first-order valence-corrected chi connectivity index (χ1v) is 10.2. The number of halogens is 1. The van der Waals surface area contributed by atoms with Gasteiger partial charge in [-0.2, -0.15) is 0 Å². The second-order valence-corrected chi connectivity index (χ2v) is 8.79. The maximum atomic E-state index is 12.3. The van der Waals surface area contributed by atoms with E-state index in [4.69, 9.17) is 4.74 Å². The van der Waals surface area contributed by atoms with Crippen molar-refractivity contribution in [1.29, 1.82) is 0 Å². The molecule has 0 spiro atoms. The van der Waals surface area contributed by atoms with E-state index in [0.29, 0.717) is 13.1 Å². The first-order valence-electron chi connectivity index (χ1n) is 10.2. The highest BCUT2D eigenvalue weighted by Gasteiger charge is 2.36. The summed E-state index contributed by atoms with van der Waals surface area (Å²) in [4.78, 5) is 23.4. The normalized spacial score (nSPS) is 23.7. The molecule has 2 N–H and O–H groups in total. The number of guanidine groups is 1. The van der Waals surface area contributed by atoms with Crippen molar-refractivity contribution in [1.82, 2.24) is 20.0 Å². The molecule has 0 aliphatic carbocycles. The van der Waals surface area contributed by atoms with Crippen LogP contribution in [0.1, 0.15) is 40.0 Å². The molecule has 2 saturated heterocycles. The molecule has 9 heteroatoms. The lowest BCUT2D eigenvalue weighted by molar-refractivity contribution is 0.0137. The van der Waals surface area contributed by atoms with E-state index in [2.05, 4.69) is 20.1 Å². The zero-order valence-electron chi connectivity index (χ0n) is 17.4. The third kappa shape index (κ3) is 6.62. The van der Waals surface area contributed by atoms with E-state index in [9.17, 15) is 9.90 Å². The van der Waals surface area contributed by atoms with Gasteiger partial charge in [0.15, 0.2) is 5.96 Å². The molecule has 1 amide bonds. The van der Waals surface area contributed by atoms with Gasteiger partial charge in [0.05, 0.1) is 18.7 Å². The number of ether oxygens (including phenoxy) is 1. The van der Waals surface area contributed by atoms with Crippen LogP contribution in [-0.2, 0) is 4.74 Å². The topological polar surface area (TPSA) is 80.6 Å². The van der Waals surface area contributed by atoms with Crippen molar-refractivity contribution in [2.75, 3.05) is 52.4 Å². The van der Waals surface area contributed by atoms with Gasteiger partial charge in [0, 0.05) is 39.3 Å². The van der Waals surface area contributed by atoms with Crippen molar-refractivity contribution < 1.29 is 14.6 Å². The summed E-state index contributed by atoms with van der Waals surface area (Å²) in [7, 11) is 0.